The Balaban J connectivity index is 0.836. The largest absolute Gasteiger partial charge is 0.507 e. The van der Waals surface area contributed by atoms with Crippen LogP contribution in [0.25, 0.3) is 0 Å². The molecule has 9 rings (SSSR count). The number of benzene rings is 2. The van der Waals surface area contributed by atoms with Crippen molar-refractivity contribution >= 4 is 52.9 Å². The highest BCUT2D eigenvalue weighted by Crippen LogP contribution is 2.53. The van der Waals surface area contributed by atoms with E-state index in [2.05, 4.69) is 26.2 Å². The normalized spacial score (nSPS) is 27.4. The number of aliphatic hydroxyl groups is 1. The first-order valence-electron chi connectivity index (χ1n) is 24.3. The van der Waals surface area contributed by atoms with Gasteiger partial charge < -0.3 is 69.9 Å². The Hall–Kier alpha value is -6.87. The minimum absolute atomic E-state index is 0.0741. The molecule has 7 aliphatic rings. The van der Waals surface area contributed by atoms with Crippen molar-refractivity contribution in [2.75, 3.05) is 66.6 Å². The zero-order valence-electron chi connectivity index (χ0n) is 40.7. The van der Waals surface area contributed by atoms with E-state index in [9.17, 15) is 58.5 Å². The maximum absolute atomic E-state index is 14.4. The lowest BCUT2D eigenvalue weighted by Crippen LogP contribution is -2.57. The molecule has 0 saturated carbocycles. The Morgan fingerprint density at radius 1 is 0.838 bits per heavy atom. The molecule has 0 aromatic heterocycles. The van der Waals surface area contributed by atoms with Crippen LogP contribution in [0.5, 0.6) is 17.2 Å². The molecule has 7 N–H and O–H groups in total. The third-order valence-corrected chi connectivity index (χ3v) is 14.6. The number of likely N-dealkylation sites (tertiary alicyclic amines) is 1. The van der Waals surface area contributed by atoms with Crippen molar-refractivity contribution in [3.63, 3.8) is 0 Å². The number of methoxy groups -OCH3 is 2. The first-order chi connectivity index (χ1) is 35.4. The quantitative estimate of drug-likeness (QED) is 0.0635. The van der Waals surface area contributed by atoms with Gasteiger partial charge in [-0.15, -0.1) is 0 Å². The van der Waals surface area contributed by atoms with E-state index in [1.54, 1.807) is 0 Å². The van der Waals surface area contributed by atoms with Gasteiger partial charge in [-0.2, -0.15) is 0 Å². The second kappa shape index (κ2) is 21.2. The summed E-state index contributed by atoms with van der Waals surface area (Å²) in [6, 6.07) is 3.58. The van der Waals surface area contributed by atoms with Gasteiger partial charge in [-0.1, -0.05) is 12.1 Å². The van der Waals surface area contributed by atoms with E-state index in [0.717, 1.165) is 17.1 Å². The van der Waals surface area contributed by atoms with Gasteiger partial charge in [0.25, 0.3) is 17.7 Å². The molecule has 2 aromatic carbocycles. The number of nitrogens with zero attached hydrogens (tertiary/aromatic N) is 3. The van der Waals surface area contributed by atoms with Crippen molar-refractivity contribution in [2.45, 2.75) is 100 Å². The van der Waals surface area contributed by atoms with Gasteiger partial charge in [-0.25, -0.2) is 0 Å². The molecule has 8 atom stereocenters. The Bertz CT molecular complexity index is 2690. The van der Waals surface area contributed by atoms with Gasteiger partial charge in [0.05, 0.1) is 62.2 Å². The molecular weight excluding hydrogens is 975 g/mol. The number of phenols is 2. The van der Waals surface area contributed by atoms with E-state index in [0.29, 0.717) is 13.2 Å². The van der Waals surface area contributed by atoms with Crippen LogP contribution in [0.2, 0.25) is 0 Å². The first-order valence-corrected chi connectivity index (χ1v) is 24.3. The third kappa shape index (κ3) is 9.94. The minimum atomic E-state index is -2.33. The summed E-state index contributed by atoms with van der Waals surface area (Å²) in [6.07, 6.45) is -2.97. The Morgan fingerprint density at radius 3 is 2.20 bits per heavy atom. The molecule has 5 aliphatic heterocycles. The number of phenolic OH excluding ortho intramolecular Hbond substituents is 2. The highest BCUT2D eigenvalue weighted by Gasteiger charge is 2.55. The summed E-state index contributed by atoms with van der Waals surface area (Å²) < 4.78 is 36.0. The average molecular weight is 1030 g/mol. The van der Waals surface area contributed by atoms with Crippen molar-refractivity contribution < 1.29 is 86.9 Å². The zero-order valence-corrected chi connectivity index (χ0v) is 40.7. The summed E-state index contributed by atoms with van der Waals surface area (Å²) >= 11 is 0. The molecule has 4 saturated heterocycles. The molecule has 2 aliphatic carbocycles. The standard InChI is InChI=1S/C49H57N7O18/c1-23-45-27(55-15-16-71-47(70-3)46(55)74-45)17-36(72-23)73-29-19-49(68,18-26-38(29)44(66)40-39(42(26)64)41(63)25-5-4-6-28(69-2)37(25)43(40)65)48(67)53-24-9-12-54(13-10-24)35(62)22-52-32(59)21-51-31(58)20-50-30(57)11-14-56-33(60)7-8-34(56)61/h4-8,23-24,27,29,36,45-47,64,66,68H,9-22H2,1-3H3,(H,50,57)(H,51,58)(H,52,59)(H,53,67)/t23-,27-,29-,36-,45+,46+,47-,49-/m0/s1. The number of ether oxygens (including phenoxy) is 6. The van der Waals surface area contributed by atoms with Gasteiger partial charge >= 0.3 is 0 Å². The van der Waals surface area contributed by atoms with Crippen LogP contribution in [-0.4, -0.2) is 198 Å². The monoisotopic (exact) mass is 1030 g/mol. The van der Waals surface area contributed by atoms with Gasteiger partial charge in [0, 0.05) is 99.9 Å². The molecule has 25 nitrogen and oxygen atoms in total. The highest BCUT2D eigenvalue weighted by atomic mass is 16.7. The van der Waals surface area contributed by atoms with Crippen LogP contribution in [-0.2, 0) is 63.7 Å². The van der Waals surface area contributed by atoms with Crippen LogP contribution < -0.4 is 26.0 Å². The molecule has 5 heterocycles. The van der Waals surface area contributed by atoms with Gasteiger partial charge in [0.2, 0.25) is 29.4 Å². The number of carbonyl (C=O) groups is 9. The van der Waals surface area contributed by atoms with E-state index in [1.165, 1.54) is 37.3 Å². The number of hydrogen-bond acceptors (Lipinski definition) is 19. The minimum Gasteiger partial charge on any atom is -0.507 e. The number of piperidine rings is 1. The smallest absolute Gasteiger partial charge is 0.253 e. The molecule has 0 bridgehead atoms. The summed E-state index contributed by atoms with van der Waals surface area (Å²) in [4.78, 5) is 120. The maximum Gasteiger partial charge on any atom is 0.253 e. The second-order valence-corrected chi connectivity index (χ2v) is 19.1. The maximum atomic E-state index is 14.4. The van der Waals surface area contributed by atoms with Crippen LogP contribution in [0.4, 0.5) is 0 Å². The molecule has 74 heavy (non-hydrogen) atoms. The van der Waals surface area contributed by atoms with E-state index >= 15 is 0 Å². The first kappa shape index (κ1) is 52.0. The van der Waals surface area contributed by atoms with Crippen molar-refractivity contribution in [3.05, 3.63) is 63.7 Å². The zero-order chi connectivity index (χ0) is 52.7. The van der Waals surface area contributed by atoms with Crippen LogP contribution >= 0.6 is 0 Å². The summed E-state index contributed by atoms with van der Waals surface area (Å²) in [5.41, 5.74) is -3.78. The number of fused-ring (bicyclic) bond motifs is 6. The highest BCUT2D eigenvalue weighted by molar-refractivity contribution is 6.31. The Morgan fingerprint density at radius 2 is 1.51 bits per heavy atom. The van der Waals surface area contributed by atoms with Crippen molar-refractivity contribution in [3.8, 4) is 17.2 Å². The topological polar surface area (TPSA) is 328 Å². The number of carbonyl (C=O) groups excluding carboxylic acids is 9. The Kier molecular flexibility index (Phi) is 14.9. The van der Waals surface area contributed by atoms with Crippen LogP contribution in [0.3, 0.4) is 0 Å². The average Bonchev–Trinajstić information content (AvgIpc) is 3.93. The van der Waals surface area contributed by atoms with Crippen LogP contribution in [0, 0.1) is 0 Å². The summed E-state index contributed by atoms with van der Waals surface area (Å²) in [7, 11) is 2.84. The second-order valence-electron chi connectivity index (χ2n) is 19.1. The van der Waals surface area contributed by atoms with Crippen molar-refractivity contribution in [2.24, 2.45) is 0 Å². The lowest BCUT2D eigenvalue weighted by molar-refractivity contribution is -0.256. The molecular formula is C49H57N7O18. The number of nitrogens with one attached hydrogen (secondary N) is 4. The molecule has 0 unspecified atom stereocenters. The summed E-state index contributed by atoms with van der Waals surface area (Å²) in [6.45, 7) is 1.47. The van der Waals surface area contributed by atoms with E-state index in [1.807, 2.05) is 6.92 Å². The lowest BCUT2D eigenvalue weighted by Gasteiger charge is -2.43. The fourth-order valence-electron chi connectivity index (χ4n) is 10.8. The van der Waals surface area contributed by atoms with Gasteiger partial charge in [0.1, 0.15) is 29.0 Å². The SMILES string of the molecule is COc1cccc2c1C(=O)c1c(O)c3c(c(O)c1C2=O)C[C@@](O)(C(=O)NC1CCN(C(=O)CNC(=O)CNC(=O)CNC(=O)CCN2C(=O)C=CC2=O)CC1)C[C@@H]3O[C@H]1C[C@H]2[C@H](O[C@@H]3[C@@H](OC)OCCN32)[C@H](C)O1. The molecule has 0 spiro atoms. The Labute approximate surface area is 422 Å². The number of morpholine rings is 1. The van der Waals surface area contributed by atoms with Crippen LogP contribution in [0.15, 0.2) is 30.4 Å². The fourth-order valence-corrected chi connectivity index (χ4v) is 10.8. The fraction of sp³-hybridized carbons (Fsp3) is 0.531. The van der Waals surface area contributed by atoms with E-state index in [-0.39, 0.29) is 79.4 Å². The van der Waals surface area contributed by atoms with Crippen molar-refractivity contribution in [1.29, 1.82) is 0 Å². The van der Waals surface area contributed by atoms with Crippen LogP contribution in [0.1, 0.15) is 88.1 Å². The van der Waals surface area contributed by atoms with Crippen molar-refractivity contribution in [1.82, 2.24) is 36.0 Å². The molecule has 7 amide bonds. The number of imide groups is 1. The predicted octanol–water partition coefficient (Wildman–Crippen LogP) is -2.08. The lowest BCUT2D eigenvalue weighted by atomic mass is 9.72. The van der Waals surface area contributed by atoms with Gasteiger partial charge in [-0.05, 0) is 25.8 Å². The summed E-state index contributed by atoms with van der Waals surface area (Å²) in [5, 5.41) is 46.6. The third-order valence-electron chi connectivity index (χ3n) is 14.6. The number of rotatable bonds is 15. The van der Waals surface area contributed by atoms with Gasteiger partial charge in [0.15, 0.2) is 24.6 Å². The van der Waals surface area contributed by atoms with Gasteiger partial charge in [-0.3, -0.25) is 53.0 Å². The predicted molar refractivity (Wildman–Crippen MR) is 249 cm³/mol. The number of amides is 7. The number of aromatic hydroxyl groups is 2. The molecule has 0 radical (unpaired) electrons. The molecule has 2 aromatic rings. The number of hydrogen-bond donors (Lipinski definition) is 7. The molecule has 4 fully saturated rings. The molecule has 396 valence electrons. The molecule has 25 heteroatoms. The van der Waals surface area contributed by atoms with E-state index < -0.39 is 157 Å². The van der Waals surface area contributed by atoms with E-state index in [4.69, 9.17) is 28.4 Å². The summed E-state index contributed by atoms with van der Waals surface area (Å²) in [5.74, 6) is -7.26. The number of ketones is 2.